The molecule has 2 atom stereocenters. The Balaban J connectivity index is 1.33. The van der Waals surface area contributed by atoms with Crippen molar-refractivity contribution in [3.05, 3.63) is 237 Å². The van der Waals surface area contributed by atoms with Gasteiger partial charge in [-0.2, -0.15) is 0 Å². The maximum atomic E-state index is 2.47. The average Bonchev–Trinajstić information content (AvgIpc) is 3.22. The van der Waals surface area contributed by atoms with Crippen molar-refractivity contribution in [1.29, 1.82) is 0 Å². The summed E-state index contributed by atoms with van der Waals surface area (Å²) in [6.07, 6.45) is 21.0. The second-order valence-electron chi connectivity index (χ2n) is 16.4. The fourth-order valence-corrected chi connectivity index (χ4v) is 9.34. The highest BCUT2D eigenvalue weighted by atomic mass is 14.4. The number of allylic oxidation sites excluding steroid dienone is 10. The third-order valence-electron chi connectivity index (χ3n) is 12.4. The van der Waals surface area contributed by atoms with E-state index in [2.05, 4.69) is 224 Å². The molecule has 56 heavy (non-hydrogen) atoms. The molecule has 0 saturated carbocycles. The van der Waals surface area contributed by atoms with Crippen LogP contribution >= 0.6 is 0 Å². The molecule has 2 unspecified atom stereocenters. The number of benzene rings is 6. The fraction of sp³-hybridized carbons (Fsp3) is 0.179. The highest BCUT2D eigenvalue weighted by Crippen LogP contribution is 2.48. The van der Waals surface area contributed by atoms with Crippen molar-refractivity contribution in [3.63, 3.8) is 0 Å². The molecule has 0 bridgehead atoms. The molecular weight excluding hydrogens is 673 g/mol. The van der Waals surface area contributed by atoms with Gasteiger partial charge in [0.05, 0.1) is 0 Å². The largest absolute Gasteiger partial charge is 0.0732 e. The van der Waals surface area contributed by atoms with Crippen molar-refractivity contribution in [3.8, 4) is 0 Å². The smallest absolute Gasteiger partial charge is 0.0150 e. The lowest BCUT2D eigenvalue weighted by Gasteiger charge is -2.35. The maximum Gasteiger partial charge on any atom is 0.0150 e. The minimum Gasteiger partial charge on any atom is -0.0732 e. The Morgan fingerprint density at radius 1 is 0.411 bits per heavy atom. The van der Waals surface area contributed by atoms with E-state index >= 15 is 0 Å². The van der Waals surface area contributed by atoms with Crippen molar-refractivity contribution in [2.75, 3.05) is 0 Å². The summed E-state index contributed by atoms with van der Waals surface area (Å²) in [6, 6.07) is 48.3. The predicted octanol–water partition coefficient (Wildman–Crippen LogP) is 14.8. The first kappa shape index (κ1) is 37.0. The molecule has 8 rings (SSSR count). The Morgan fingerprint density at radius 3 is 1.16 bits per heavy atom. The molecule has 2 aliphatic carbocycles. The third-order valence-corrected chi connectivity index (χ3v) is 12.4. The molecule has 2 aliphatic rings. The van der Waals surface area contributed by atoms with Gasteiger partial charge in [0.15, 0.2) is 0 Å². The van der Waals surface area contributed by atoms with Gasteiger partial charge in [-0.1, -0.05) is 196 Å². The minimum atomic E-state index is -0.120. The van der Waals surface area contributed by atoms with Crippen molar-refractivity contribution in [2.45, 2.75) is 65.2 Å². The van der Waals surface area contributed by atoms with Crippen LogP contribution in [0.4, 0.5) is 0 Å². The second kappa shape index (κ2) is 15.3. The van der Waals surface area contributed by atoms with E-state index in [1.165, 1.54) is 88.7 Å². The molecule has 0 amide bonds. The molecule has 0 heterocycles. The van der Waals surface area contributed by atoms with E-state index in [1.807, 2.05) is 0 Å². The molecule has 6 aromatic carbocycles. The van der Waals surface area contributed by atoms with Gasteiger partial charge in [-0.05, 0) is 129 Å². The van der Waals surface area contributed by atoms with E-state index in [-0.39, 0.29) is 10.8 Å². The van der Waals surface area contributed by atoms with Crippen LogP contribution < -0.4 is 0 Å². The molecule has 0 nitrogen and oxygen atoms in total. The van der Waals surface area contributed by atoms with Gasteiger partial charge >= 0.3 is 0 Å². The van der Waals surface area contributed by atoms with Crippen molar-refractivity contribution >= 4 is 34.1 Å². The van der Waals surface area contributed by atoms with Crippen LogP contribution in [0.2, 0.25) is 0 Å². The molecule has 0 radical (unpaired) electrons. The zero-order valence-electron chi connectivity index (χ0n) is 33.7. The topological polar surface area (TPSA) is 0 Å². The van der Waals surface area contributed by atoms with Crippen molar-refractivity contribution in [2.24, 2.45) is 0 Å². The van der Waals surface area contributed by atoms with Crippen LogP contribution in [-0.2, 0) is 10.8 Å². The van der Waals surface area contributed by atoms with Gasteiger partial charge in [0.1, 0.15) is 0 Å². The average molecular weight is 725 g/mol. The molecule has 0 saturated heterocycles. The summed E-state index contributed by atoms with van der Waals surface area (Å²) < 4.78 is 0. The summed E-state index contributed by atoms with van der Waals surface area (Å²) in [5, 5.41) is 2.60. The molecule has 0 aromatic heterocycles. The third kappa shape index (κ3) is 7.02. The lowest BCUT2D eigenvalue weighted by atomic mass is 9.69. The highest BCUT2D eigenvalue weighted by molar-refractivity contribution is 6.07. The standard InChI is InChI=1S/C56H52/c1-39-19-13-17-27-51(39)55(5)35-33-47(45(37-55)31-29-43-21-9-7-10-22-43)53-41(3)42(4)54(50-26-16-15-25-49(50)53)48-34-36-56(6,52-28-18-14-20-40(52)2)38-46(48)32-30-44-23-11-8-12-24-44/h7-36H,37-38H2,1-6H3. The summed E-state index contributed by atoms with van der Waals surface area (Å²) in [4.78, 5) is 0. The Bertz CT molecular complexity index is 2440. The predicted molar refractivity (Wildman–Crippen MR) is 243 cm³/mol. The van der Waals surface area contributed by atoms with Gasteiger partial charge < -0.3 is 0 Å². The minimum absolute atomic E-state index is 0.120. The zero-order chi connectivity index (χ0) is 38.9. The molecule has 276 valence electrons. The van der Waals surface area contributed by atoms with Crippen LogP contribution in [-0.4, -0.2) is 0 Å². The number of aryl methyl sites for hydroxylation is 2. The van der Waals surface area contributed by atoms with Crippen LogP contribution in [0, 0.1) is 27.7 Å². The van der Waals surface area contributed by atoms with Crippen molar-refractivity contribution in [1.82, 2.24) is 0 Å². The van der Waals surface area contributed by atoms with Gasteiger partial charge in [-0.3, -0.25) is 0 Å². The highest BCUT2D eigenvalue weighted by Gasteiger charge is 2.33. The normalized spacial score (nSPS) is 19.9. The first-order valence-electron chi connectivity index (χ1n) is 20.1. The number of fused-ring (bicyclic) bond motifs is 1. The van der Waals surface area contributed by atoms with E-state index in [0.29, 0.717) is 0 Å². The Labute approximate surface area is 334 Å². The lowest BCUT2D eigenvalue weighted by Crippen LogP contribution is -2.24. The molecule has 6 aromatic rings. The van der Waals surface area contributed by atoms with Gasteiger partial charge in [-0.25, -0.2) is 0 Å². The summed E-state index contributed by atoms with van der Waals surface area (Å²) in [7, 11) is 0. The second-order valence-corrected chi connectivity index (χ2v) is 16.4. The molecule has 0 N–H and O–H groups in total. The summed E-state index contributed by atoms with van der Waals surface area (Å²) in [5.41, 5.74) is 18.3. The number of hydrogen-bond acceptors (Lipinski definition) is 0. The van der Waals surface area contributed by atoms with E-state index in [4.69, 9.17) is 0 Å². The van der Waals surface area contributed by atoms with Crippen LogP contribution in [0.5, 0.6) is 0 Å². The van der Waals surface area contributed by atoms with Gasteiger partial charge in [0.25, 0.3) is 0 Å². The Morgan fingerprint density at radius 2 is 0.768 bits per heavy atom. The van der Waals surface area contributed by atoms with Gasteiger partial charge in [0, 0.05) is 10.8 Å². The first-order chi connectivity index (χ1) is 27.1. The summed E-state index contributed by atoms with van der Waals surface area (Å²) >= 11 is 0. The van der Waals surface area contributed by atoms with Crippen molar-refractivity contribution < 1.29 is 0 Å². The van der Waals surface area contributed by atoms with E-state index in [0.717, 1.165) is 12.8 Å². The molecule has 0 fully saturated rings. The zero-order valence-corrected chi connectivity index (χ0v) is 33.7. The van der Waals surface area contributed by atoms with Crippen LogP contribution in [0.3, 0.4) is 0 Å². The fourth-order valence-electron chi connectivity index (χ4n) is 9.34. The van der Waals surface area contributed by atoms with Gasteiger partial charge in [0.2, 0.25) is 0 Å². The van der Waals surface area contributed by atoms with E-state index in [9.17, 15) is 0 Å². The summed E-state index contributed by atoms with van der Waals surface area (Å²) in [6.45, 7) is 14.0. The Kier molecular flexibility index (Phi) is 10.1. The number of rotatable bonds is 8. The van der Waals surface area contributed by atoms with E-state index < -0.39 is 0 Å². The quantitative estimate of drug-likeness (QED) is 0.147. The monoisotopic (exact) mass is 724 g/mol. The molecule has 0 spiro atoms. The first-order valence-corrected chi connectivity index (χ1v) is 20.1. The lowest BCUT2D eigenvalue weighted by molar-refractivity contribution is 0.585. The van der Waals surface area contributed by atoms with Gasteiger partial charge in [-0.15, -0.1) is 0 Å². The van der Waals surface area contributed by atoms with Crippen LogP contribution in [0.15, 0.2) is 181 Å². The maximum absolute atomic E-state index is 2.47. The van der Waals surface area contributed by atoms with Crippen LogP contribution in [0.25, 0.3) is 34.1 Å². The van der Waals surface area contributed by atoms with Crippen LogP contribution in [0.1, 0.15) is 82.3 Å². The molecule has 0 heteroatoms. The number of hydrogen-bond donors (Lipinski definition) is 0. The molecular formula is C56H52. The Hall–Kier alpha value is -5.98. The SMILES string of the molecule is Cc1ccccc1C1(C)C=CC(c2c(C)c(C)c(C3=C(C=Cc4ccccc4)CC(C)(c4ccccc4C)C=C3)c3ccccc23)=C(C=Cc2ccccc2)C1. The molecule has 0 aliphatic heterocycles. The summed E-state index contributed by atoms with van der Waals surface area (Å²) in [5.74, 6) is 0. The van der Waals surface area contributed by atoms with E-state index in [1.54, 1.807) is 0 Å².